The minimum atomic E-state index is 0.0633. The van der Waals surface area contributed by atoms with Crippen LogP contribution in [-0.2, 0) is 9.59 Å². The van der Waals surface area contributed by atoms with E-state index >= 15 is 0 Å². The average molecular weight is 369 g/mol. The molecule has 112 valence electrons. The molecule has 1 aromatic carbocycles. The van der Waals surface area contributed by atoms with Gasteiger partial charge < -0.3 is 9.80 Å². The van der Waals surface area contributed by atoms with Crippen LogP contribution in [0.15, 0.2) is 28.7 Å². The predicted molar refractivity (Wildman–Crippen MR) is 86.9 cm³/mol. The van der Waals surface area contributed by atoms with Gasteiger partial charge in [0.15, 0.2) is 0 Å². The first-order valence-corrected chi connectivity index (χ1v) is 9.00. The third-order valence-electron chi connectivity index (χ3n) is 3.96. The molecule has 2 saturated heterocycles. The number of carbonyl (C=O) groups excluding carboxylic acids is 2. The maximum Gasteiger partial charge on any atom is 0.242 e. The fraction of sp³-hybridized carbons (Fsp3) is 0.467. The highest BCUT2D eigenvalue weighted by Crippen LogP contribution is 2.33. The van der Waals surface area contributed by atoms with Crippen LogP contribution in [-0.4, -0.2) is 46.3 Å². The van der Waals surface area contributed by atoms with Gasteiger partial charge in [-0.25, -0.2) is 0 Å². The maximum absolute atomic E-state index is 12.5. The van der Waals surface area contributed by atoms with E-state index in [4.69, 9.17) is 0 Å². The number of nitrogens with zero attached hydrogens (tertiary/aromatic N) is 2. The van der Waals surface area contributed by atoms with E-state index < -0.39 is 0 Å². The molecule has 0 N–H and O–H groups in total. The molecule has 0 aromatic heterocycles. The number of hydrogen-bond acceptors (Lipinski definition) is 3. The third-order valence-corrected chi connectivity index (χ3v) is 5.40. The Morgan fingerprint density at radius 2 is 2.29 bits per heavy atom. The molecule has 0 saturated carbocycles. The number of carbonyl (C=O) groups is 2. The van der Waals surface area contributed by atoms with Crippen molar-refractivity contribution in [2.75, 3.05) is 24.7 Å². The molecular weight excluding hydrogens is 352 g/mol. The quantitative estimate of drug-likeness (QED) is 0.823. The summed E-state index contributed by atoms with van der Waals surface area (Å²) in [4.78, 5) is 27.8. The number of rotatable bonds is 3. The Morgan fingerprint density at radius 3 is 3.00 bits per heavy atom. The van der Waals surface area contributed by atoms with Gasteiger partial charge in [-0.2, -0.15) is 0 Å². The highest BCUT2D eigenvalue weighted by molar-refractivity contribution is 9.10. The second kappa shape index (κ2) is 6.40. The molecule has 2 heterocycles. The van der Waals surface area contributed by atoms with Crippen LogP contribution in [0.1, 0.15) is 24.4 Å². The molecule has 0 radical (unpaired) electrons. The van der Waals surface area contributed by atoms with Gasteiger partial charge in [0.05, 0.1) is 17.7 Å². The Morgan fingerprint density at radius 1 is 1.43 bits per heavy atom. The summed E-state index contributed by atoms with van der Waals surface area (Å²) >= 11 is 5.06. The first-order valence-electron chi connectivity index (χ1n) is 7.05. The summed E-state index contributed by atoms with van der Waals surface area (Å²) in [7, 11) is 0. The minimum Gasteiger partial charge on any atom is -0.334 e. The van der Waals surface area contributed by atoms with Crippen molar-refractivity contribution in [3.8, 4) is 0 Å². The van der Waals surface area contributed by atoms with E-state index in [1.165, 1.54) is 0 Å². The fourth-order valence-electron chi connectivity index (χ4n) is 2.92. The number of halogens is 1. The first-order chi connectivity index (χ1) is 10.1. The van der Waals surface area contributed by atoms with Crippen LogP contribution >= 0.6 is 27.7 Å². The smallest absolute Gasteiger partial charge is 0.242 e. The predicted octanol–water partition coefficient (Wildman–Crippen LogP) is 2.65. The Labute approximate surface area is 137 Å². The van der Waals surface area contributed by atoms with E-state index in [0.29, 0.717) is 11.6 Å². The summed E-state index contributed by atoms with van der Waals surface area (Å²) < 4.78 is 1.03. The Balaban J connectivity index is 1.71. The fourth-order valence-corrected chi connectivity index (χ4v) is 4.24. The van der Waals surface area contributed by atoms with Crippen LogP contribution in [0, 0.1) is 0 Å². The van der Waals surface area contributed by atoms with Crippen LogP contribution in [0.2, 0.25) is 0 Å². The molecule has 0 bridgehead atoms. The monoisotopic (exact) mass is 368 g/mol. The van der Waals surface area contributed by atoms with Crippen molar-refractivity contribution in [2.24, 2.45) is 0 Å². The van der Waals surface area contributed by atoms with Gasteiger partial charge in [0.1, 0.15) is 6.54 Å². The second-order valence-electron chi connectivity index (χ2n) is 5.37. The number of thioether (sulfide) groups is 1. The van der Waals surface area contributed by atoms with E-state index in [1.54, 1.807) is 16.7 Å². The molecule has 2 fully saturated rings. The summed E-state index contributed by atoms with van der Waals surface area (Å²) in [6, 6.07) is 8.27. The van der Waals surface area contributed by atoms with Gasteiger partial charge in [0.25, 0.3) is 0 Å². The lowest BCUT2D eigenvalue weighted by Gasteiger charge is -2.27. The zero-order chi connectivity index (χ0) is 14.8. The van der Waals surface area contributed by atoms with E-state index in [-0.39, 0.29) is 24.4 Å². The lowest BCUT2D eigenvalue weighted by atomic mass is 10.0. The van der Waals surface area contributed by atoms with Crippen molar-refractivity contribution in [3.05, 3.63) is 34.3 Å². The summed E-state index contributed by atoms with van der Waals surface area (Å²) in [5, 5.41) is 0. The highest BCUT2D eigenvalue weighted by atomic mass is 79.9. The maximum atomic E-state index is 12.5. The molecule has 21 heavy (non-hydrogen) atoms. The van der Waals surface area contributed by atoms with Crippen molar-refractivity contribution in [3.63, 3.8) is 0 Å². The van der Waals surface area contributed by atoms with Gasteiger partial charge in [-0.15, -0.1) is 11.8 Å². The Kier molecular flexibility index (Phi) is 4.54. The van der Waals surface area contributed by atoms with Crippen LogP contribution in [0.3, 0.4) is 0 Å². The average Bonchev–Trinajstić information content (AvgIpc) is 3.08. The third kappa shape index (κ3) is 3.26. The lowest BCUT2D eigenvalue weighted by Crippen LogP contribution is -2.40. The molecule has 1 unspecified atom stereocenters. The Bertz CT molecular complexity index is 566. The minimum absolute atomic E-state index is 0.0633. The molecule has 2 aliphatic heterocycles. The van der Waals surface area contributed by atoms with Gasteiger partial charge in [0, 0.05) is 11.0 Å². The molecule has 0 aliphatic carbocycles. The molecular formula is C15H17BrN2O2S. The molecule has 1 aromatic rings. The summed E-state index contributed by atoms with van der Waals surface area (Å²) in [5.41, 5.74) is 1.16. The summed E-state index contributed by atoms with van der Waals surface area (Å²) in [6.45, 7) is 1.00. The summed E-state index contributed by atoms with van der Waals surface area (Å²) in [5.74, 6) is 1.28. The summed E-state index contributed by atoms with van der Waals surface area (Å²) in [6.07, 6.45) is 2.01. The molecule has 2 amide bonds. The van der Waals surface area contributed by atoms with Gasteiger partial charge in [-0.05, 0) is 30.5 Å². The SMILES string of the molecule is O=C1CSCN1CC(=O)N1CCCC1c1cccc(Br)c1. The molecule has 2 aliphatic rings. The second-order valence-corrected chi connectivity index (χ2v) is 7.24. The number of likely N-dealkylation sites (tertiary alicyclic amines) is 1. The number of hydrogen-bond donors (Lipinski definition) is 0. The van der Waals surface area contributed by atoms with Crippen LogP contribution in [0.4, 0.5) is 0 Å². The van der Waals surface area contributed by atoms with Gasteiger partial charge in [0.2, 0.25) is 11.8 Å². The van der Waals surface area contributed by atoms with Crippen molar-refractivity contribution >= 4 is 39.5 Å². The van der Waals surface area contributed by atoms with Crippen molar-refractivity contribution in [2.45, 2.75) is 18.9 Å². The van der Waals surface area contributed by atoms with Crippen molar-refractivity contribution < 1.29 is 9.59 Å². The lowest BCUT2D eigenvalue weighted by molar-refractivity contribution is -0.138. The zero-order valence-corrected chi connectivity index (χ0v) is 14.0. The zero-order valence-electron chi connectivity index (χ0n) is 11.6. The largest absolute Gasteiger partial charge is 0.334 e. The number of benzene rings is 1. The molecule has 6 heteroatoms. The van der Waals surface area contributed by atoms with Gasteiger partial charge >= 0.3 is 0 Å². The van der Waals surface area contributed by atoms with Gasteiger partial charge in [-0.1, -0.05) is 28.1 Å². The van der Waals surface area contributed by atoms with E-state index in [9.17, 15) is 9.59 Å². The van der Waals surface area contributed by atoms with Crippen molar-refractivity contribution in [1.82, 2.24) is 9.80 Å². The topological polar surface area (TPSA) is 40.6 Å². The van der Waals surface area contributed by atoms with Gasteiger partial charge in [-0.3, -0.25) is 9.59 Å². The normalized spacial score (nSPS) is 22.1. The Hall–Kier alpha value is -1.01. The molecule has 0 spiro atoms. The highest BCUT2D eigenvalue weighted by Gasteiger charge is 2.32. The van der Waals surface area contributed by atoms with E-state index in [2.05, 4.69) is 28.1 Å². The van der Waals surface area contributed by atoms with Crippen molar-refractivity contribution in [1.29, 1.82) is 0 Å². The van der Waals surface area contributed by atoms with E-state index in [0.717, 1.165) is 29.4 Å². The van der Waals surface area contributed by atoms with Crippen LogP contribution < -0.4 is 0 Å². The molecule has 1 atom stereocenters. The molecule has 4 nitrogen and oxygen atoms in total. The standard InChI is InChI=1S/C15H17BrN2O2S/c16-12-4-1-3-11(7-12)13-5-2-6-18(13)14(19)8-17-10-21-9-15(17)20/h1,3-4,7,13H,2,5-6,8-10H2. The van der Waals surface area contributed by atoms with Crippen LogP contribution in [0.5, 0.6) is 0 Å². The van der Waals surface area contributed by atoms with Crippen LogP contribution in [0.25, 0.3) is 0 Å². The molecule has 3 rings (SSSR count). The number of amides is 2. The van der Waals surface area contributed by atoms with E-state index in [1.807, 2.05) is 17.0 Å². The first kappa shape index (κ1) is 14.9.